The molecular formula is C21H23F2N5O2S. The highest BCUT2D eigenvalue weighted by molar-refractivity contribution is 7.99. The van der Waals surface area contributed by atoms with Crippen LogP contribution in [0.1, 0.15) is 25.7 Å². The molecule has 2 N–H and O–H groups in total. The first-order chi connectivity index (χ1) is 15.0. The zero-order valence-electron chi connectivity index (χ0n) is 16.8. The van der Waals surface area contributed by atoms with Crippen molar-refractivity contribution < 1.29 is 18.4 Å². The maximum Gasteiger partial charge on any atom is 0.234 e. The van der Waals surface area contributed by atoms with Crippen molar-refractivity contribution in [1.82, 2.24) is 15.5 Å². The number of carbonyl (C=O) groups excluding carboxylic acids is 2. The first-order valence-electron chi connectivity index (χ1n) is 10.2. The van der Waals surface area contributed by atoms with Crippen LogP contribution in [-0.2, 0) is 9.59 Å². The zero-order chi connectivity index (χ0) is 21.8. The van der Waals surface area contributed by atoms with Gasteiger partial charge < -0.3 is 15.5 Å². The first-order valence-corrected chi connectivity index (χ1v) is 11.2. The average Bonchev–Trinajstić information content (AvgIpc) is 3.59. The second-order valence-electron chi connectivity index (χ2n) is 7.76. The highest BCUT2D eigenvalue weighted by Gasteiger charge is 2.30. The molecule has 1 aromatic heterocycles. The summed E-state index contributed by atoms with van der Waals surface area (Å²) in [6.07, 6.45) is 3.95. The van der Waals surface area contributed by atoms with Gasteiger partial charge in [-0.15, -0.1) is 10.2 Å². The molecule has 1 aliphatic heterocycles. The van der Waals surface area contributed by atoms with E-state index in [9.17, 15) is 18.4 Å². The van der Waals surface area contributed by atoms with Gasteiger partial charge in [0.15, 0.2) is 17.5 Å². The van der Waals surface area contributed by atoms with Gasteiger partial charge in [-0.3, -0.25) is 9.59 Å². The second kappa shape index (κ2) is 9.59. The molecule has 1 aliphatic carbocycles. The topological polar surface area (TPSA) is 87.2 Å². The third kappa shape index (κ3) is 5.90. The predicted molar refractivity (Wildman–Crippen MR) is 114 cm³/mol. The smallest absolute Gasteiger partial charge is 0.234 e. The summed E-state index contributed by atoms with van der Waals surface area (Å²) < 4.78 is 26.2. The van der Waals surface area contributed by atoms with E-state index in [0.717, 1.165) is 44.4 Å². The number of thioether (sulfide) groups is 1. The summed E-state index contributed by atoms with van der Waals surface area (Å²) in [5.41, 5.74) is 0.191. The lowest BCUT2D eigenvalue weighted by Crippen LogP contribution is -2.44. The largest absolute Gasteiger partial charge is 0.354 e. The number of amides is 2. The molecule has 0 bridgehead atoms. The van der Waals surface area contributed by atoms with Crippen LogP contribution in [0.5, 0.6) is 0 Å². The van der Waals surface area contributed by atoms with Crippen molar-refractivity contribution in [3.8, 4) is 0 Å². The Balaban J connectivity index is 1.27. The van der Waals surface area contributed by atoms with E-state index >= 15 is 0 Å². The Morgan fingerprint density at radius 1 is 1.10 bits per heavy atom. The van der Waals surface area contributed by atoms with E-state index in [1.54, 1.807) is 6.07 Å². The number of aromatic nitrogens is 2. The number of benzene rings is 1. The van der Waals surface area contributed by atoms with Gasteiger partial charge in [0.05, 0.1) is 11.7 Å². The fraction of sp³-hybridized carbons (Fsp3) is 0.429. The summed E-state index contributed by atoms with van der Waals surface area (Å²) in [7, 11) is 0. The van der Waals surface area contributed by atoms with E-state index < -0.39 is 11.6 Å². The summed E-state index contributed by atoms with van der Waals surface area (Å²) >= 11 is 1.19. The van der Waals surface area contributed by atoms with Crippen LogP contribution >= 0.6 is 11.8 Å². The Labute approximate surface area is 183 Å². The standard InChI is InChI=1S/C21H23F2N5O2S/c22-16-6-5-15(10-17(16)23)24-19(29)12-31-20-8-7-18(26-27-20)28-9-1-2-13(11-28)21(30)25-14-3-4-14/h5-8,10,13-14H,1-4,9,11-12H2,(H,24,29)(H,25,30)/t13-/m1/s1. The fourth-order valence-corrected chi connectivity index (χ4v) is 4.03. The lowest BCUT2D eigenvalue weighted by atomic mass is 9.97. The van der Waals surface area contributed by atoms with Crippen molar-refractivity contribution in [3.63, 3.8) is 0 Å². The molecule has 7 nitrogen and oxygen atoms in total. The molecular weight excluding hydrogens is 424 g/mol. The maximum absolute atomic E-state index is 13.2. The monoisotopic (exact) mass is 447 g/mol. The molecule has 4 rings (SSSR count). The van der Waals surface area contributed by atoms with Crippen LogP contribution in [0.3, 0.4) is 0 Å². The van der Waals surface area contributed by atoms with Crippen LogP contribution in [-0.4, -0.2) is 46.9 Å². The minimum absolute atomic E-state index is 0.0369. The quantitative estimate of drug-likeness (QED) is 0.635. The predicted octanol–water partition coefficient (Wildman–Crippen LogP) is 2.98. The Bertz CT molecular complexity index is 955. The molecule has 2 amide bonds. The molecule has 1 atom stereocenters. The van der Waals surface area contributed by atoms with Crippen molar-refractivity contribution in [2.75, 3.05) is 29.1 Å². The van der Waals surface area contributed by atoms with Crippen molar-refractivity contribution in [3.05, 3.63) is 42.0 Å². The number of piperidine rings is 1. The first kappa shape index (κ1) is 21.5. The zero-order valence-corrected chi connectivity index (χ0v) is 17.6. The normalized spacial score (nSPS) is 18.5. The number of carbonyl (C=O) groups is 2. The number of halogens is 2. The average molecular weight is 448 g/mol. The van der Waals surface area contributed by atoms with Gasteiger partial charge in [0.25, 0.3) is 0 Å². The van der Waals surface area contributed by atoms with Crippen LogP contribution < -0.4 is 15.5 Å². The number of nitrogens with zero attached hydrogens (tertiary/aromatic N) is 3. The number of anilines is 2. The Morgan fingerprint density at radius 2 is 1.94 bits per heavy atom. The van der Waals surface area contributed by atoms with Crippen molar-refractivity contribution in [2.24, 2.45) is 5.92 Å². The van der Waals surface area contributed by atoms with E-state index in [1.165, 1.54) is 17.8 Å². The van der Waals surface area contributed by atoms with Gasteiger partial charge in [-0.25, -0.2) is 8.78 Å². The lowest BCUT2D eigenvalue weighted by molar-refractivity contribution is -0.125. The summed E-state index contributed by atoms with van der Waals surface area (Å²) in [5, 5.41) is 14.6. The van der Waals surface area contributed by atoms with Gasteiger partial charge in [0.1, 0.15) is 5.03 Å². The molecule has 1 saturated heterocycles. The number of hydrogen-bond donors (Lipinski definition) is 2. The SMILES string of the molecule is O=C(CSc1ccc(N2CCC[C@@H](C(=O)NC3CC3)C2)nn1)Nc1ccc(F)c(F)c1. The Hall–Kier alpha value is -2.75. The van der Waals surface area contributed by atoms with E-state index in [0.29, 0.717) is 23.4 Å². The fourth-order valence-electron chi connectivity index (χ4n) is 3.42. The number of rotatable bonds is 7. The lowest BCUT2D eigenvalue weighted by Gasteiger charge is -2.32. The van der Waals surface area contributed by atoms with Crippen LogP contribution in [0, 0.1) is 17.6 Å². The second-order valence-corrected chi connectivity index (χ2v) is 8.76. The Morgan fingerprint density at radius 3 is 2.65 bits per heavy atom. The van der Waals surface area contributed by atoms with Gasteiger partial charge >= 0.3 is 0 Å². The molecule has 0 radical (unpaired) electrons. The third-order valence-corrected chi connectivity index (χ3v) is 6.14. The summed E-state index contributed by atoms with van der Waals surface area (Å²) in [5.74, 6) is -1.49. The molecule has 1 aromatic carbocycles. The molecule has 0 spiro atoms. The minimum Gasteiger partial charge on any atom is -0.354 e. The molecule has 10 heteroatoms. The molecule has 2 heterocycles. The maximum atomic E-state index is 13.2. The highest BCUT2D eigenvalue weighted by atomic mass is 32.2. The third-order valence-electron chi connectivity index (χ3n) is 5.22. The van der Waals surface area contributed by atoms with Gasteiger partial charge in [-0.05, 0) is 49.9 Å². The molecule has 0 unspecified atom stereocenters. The van der Waals surface area contributed by atoms with E-state index in [2.05, 4.69) is 25.7 Å². The highest BCUT2D eigenvalue weighted by Crippen LogP contribution is 2.25. The van der Waals surface area contributed by atoms with Crippen LogP contribution in [0.4, 0.5) is 20.3 Å². The van der Waals surface area contributed by atoms with E-state index in [4.69, 9.17) is 0 Å². The summed E-state index contributed by atoms with van der Waals surface area (Å²) in [6.45, 7) is 1.45. The van der Waals surface area contributed by atoms with Gasteiger partial charge in [0.2, 0.25) is 11.8 Å². The molecule has 2 aromatic rings. The number of nitrogens with one attached hydrogen (secondary N) is 2. The van der Waals surface area contributed by atoms with E-state index in [1.807, 2.05) is 6.07 Å². The Kier molecular flexibility index (Phi) is 6.64. The van der Waals surface area contributed by atoms with Gasteiger partial charge in [-0.1, -0.05) is 11.8 Å². The van der Waals surface area contributed by atoms with Gasteiger partial charge in [-0.2, -0.15) is 0 Å². The summed E-state index contributed by atoms with van der Waals surface area (Å²) in [4.78, 5) is 26.4. The van der Waals surface area contributed by atoms with Crippen molar-refractivity contribution >= 4 is 35.1 Å². The molecule has 1 saturated carbocycles. The van der Waals surface area contributed by atoms with Crippen molar-refractivity contribution in [1.29, 1.82) is 0 Å². The van der Waals surface area contributed by atoms with E-state index in [-0.39, 0.29) is 29.2 Å². The molecule has 164 valence electrons. The van der Waals surface area contributed by atoms with Crippen LogP contribution in [0.15, 0.2) is 35.4 Å². The number of hydrogen-bond acceptors (Lipinski definition) is 6. The van der Waals surface area contributed by atoms with Crippen LogP contribution in [0.2, 0.25) is 0 Å². The molecule has 2 fully saturated rings. The molecule has 2 aliphatic rings. The molecule has 31 heavy (non-hydrogen) atoms. The van der Waals surface area contributed by atoms with Crippen molar-refractivity contribution in [2.45, 2.75) is 36.8 Å². The van der Waals surface area contributed by atoms with Gasteiger partial charge in [0, 0.05) is 30.9 Å². The summed E-state index contributed by atoms with van der Waals surface area (Å²) in [6, 6.07) is 7.17. The van der Waals surface area contributed by atoms with Crippen LogP contribution in [0.25, 0.3) is 0 Å². The minimum atomic E-state index is -1.02.